The molecule has 0 atom stereocenters. The molecule has 0 saturated carbocycles. The van der Waals surface area contributed by atoms with Crippen molar-refractivity contribution < 1.29 is 9.59 Å². The summed E-state index contributed by atoms with van der Waals surface area (Å²) in [6.07, 6.45) is 0. The predicted octanol–water partition coefficient (Wildman–Crippen LogP) is 2.04. The molecule has 2 aromatic carbocycles. The van der Waals surface area contributed by atoms with Crippen LogP contribution in [0.15, 0.2) is 42.5 Å². The zero-order chi connectivity index (χ0) is 18.7. The highest BCUT2D eigenvalue weighted by atomic mass is 35.5. The van der Waals surface area contributed by atoms with E-state index in [4.69, 9.17) is 17.3 Å². The first kappa shape index (κ1) is 17.6. The number of tetrazole rings is 1. The maximum atomic E-state index is 12.2. The second-order valence-corrected chi connectivity index (χ2v) is 6.03. The molecule has 1 heterocycles. The van der Waals surface area contributed by atoms with Gasteiger partial charge in [-0.15, -0.1) is 10.2 Å². The van der Waals surface area contributed by atoms with E-state index in [1.807, 2.05) is 6.92 Å². The van der Waals surface area contributed by atoms with E-state index in [0.29, 0.717) is 27.7 Å². The van der Waals surface area contributed by atoms with Crippen LogP contribution < -0.4 is 11.1 Å². The molecule has 0 aliphatic carbocycles. The second-order valence-electron chi connectivity index (χ2n) is 5.59. The van der Waals surface area contributed by atoms with Crippen molar-refractivity contribution in [3.63, 3.8) is 0 Å². The van der Waals surface area contributed by atoms with Gasteiger partial charge >= 0.3 is 0 Å². The highest BCUT2D eigenvalue weighted by Crippen LogP contribution is 2.19. The fourth-order valence-electron chi connectivity index (χ4n) is 2.29. The molecule has 0 spiro atoms. The Morgan fingerprint density at radius 1 is 1.19 bits per heavy atom. The van der Waals surface area contributed by atoms with Crippen LogP contribution in [0.3, 0.4) is 0 Å². The molecule has 3 aromatic rings. The van der Waals surface area contributed by atoms with Gasteiger partial charge in [0.05, 0.1) is 0 Å². The number of nitrogens with one attached hydrogen (secondary N) is 1. The second kappa shape index (κ2) is 7.32. The van der Waals surface area contributed by atoms with E-state index in [-0.39, 0.29) is 12.5 Å². The van der Waals surface area contributed by atoms with Crippen molar-refractivity contribution in [3.8, 4) is 11.4 Å². The zero-order valence-electron chi connectivity index (χ0n) is 13.8. The number of hydrogen-bond donors (Lipinski definition) is 2. The molecule has 132 valence electrons. The summed E-state index contributed by atoms with van der Waals surface area (Å²) in [4.78, 5) is 24.4. The van der Waals surface area contributed by atoms with Gasteiger partial charge in [-0.3, -0.25) is 9.59 Å². The van der Waals surface area contributed by atoms with Gasteiger partial charge in [0.15, 0.2) is 0 Å². The Hall–Kier alpha value is -3.26. The third-order valence-corrected chi connectivity index (χ3v) is 3.86. The standard InChI is InChI=1S/C17H15ClN6O2/c1-10-8-13(18)6-7-14(10)20-15(25)9-24-22-17(21-23-24)12-4-2-11(3-5-12)16(19)26/h2-8H,9H2,1H3,(H2,19,26)(H,20,25). The maximum Gasteiger partial charge on any atom is 0.248 e. The van der Waals surface area contributed by atoms with Gasteiger partial charge in [0, 0.05) is 21.8 Å². The van der Waals surface area contributed by atoms with Gasteiger partial charge in [0.2, 0.25) is 17.6 Å². The topological polar surface area (TPSA) is 116 Å². The molecule has 9 heteroatoms. The lowest BCUT2D eigenvalue weighted by molar-refractivity contribution is -0.117. The fourth-order valence-corrected chi connectivity index (χ4v) is 2.52. The molecule has 0 fully saturated rings. The Labute approximate surface area is 154 Å². The summed E-state index contributed by atoms with van der Waals surface area (Å²) in [5.74, 6) is -0.456. The summed E-state index contributed by atoms with van der Waals surface area (Å²) in [6, 6.07) is 11.7. The lowest BCUT2D eigenvalue weighted by atomic mass is 10.1. The number of nitrogens with two attached hydrogens (primary N) is 1. The number of carbonyl (C=O) groups excluding carboxylic acids is 2. The summed E-state index contributed by atoms with van der Waals surface area (Å²) in [5.41, 5.74) is 7.78. The molecule has 3 rings (SSSR count). The lowest BCUT2D eigenvalue weighted by Gasteiger charge is -2.07. The highest BCUT2D eigenvalue weighted by molar-refractivity contribution is 6.30. The van der Waals surface area contributed by atoms with E-state index in [2.05, 4.69) is 20.7 Å². The van der Waals surface area contributed by atoms with Gasteiger partial charge in [-0.2, -0.15) is 4.80 Å². The predicted molar refractivity (Wildman–Crippen MR) is 96.6 cm³/mol. The molecule has 0 aliphatic heterocycles. The Morgan fingerprint density at radius 2 is 1.92 bits per heavy atom. The number of aryl methyl sites for hydroxylation is 1. The zero-order valence-corrected chi connectivity index (χ0v) is 14.6. The maximum absolute atomic E-state index is 12.2. The third-order valence-electron chi connectivity index (χ3n) is 3.63. The quantitative estimate of drug-likeness (QED) is 0.712. The monoisotopic (exact) mass is 370 g/mol. The Bertz CT molecular complexity index is 968. The first-order chi connectivity index (χ1) is 12.4. The minimum atomic E-state index is -0.512. The number of rotatable bonds is 5. The van der Waals surface area contributed by atoms with Crippen molar-refractivity contribution in [2.75, 3.05) is 5.32 Å². The van der Waals surface area contributed by atoms with Crippen LogP contribution in [0.4, 0.5) is 5.69 Å². The summed E-state index contributed by atoms with van der Waals surface area (Å²) < 4.78 is 0. The molecule has 26 heavy (non-hydrogen) atoms. The van der Waals surface area contributed by atoms with Crippen molar-refractivity contribution in [2.45, 2.75) is 13.5 Å². The molecular formula is C17H15ClN6O2. The number of nitrogens with zero attached hydrogens (tertiary/aromatic N) is 4. The number of hydrogen-bond acceptors (Lipinski definition) is 5. The fraction of sp³-hybridized carbons (Fsp3) is 0.118. The van der Waals surface area contributed by atoms with E-state index in [1.54, 1.807) is 42.5 Å². The van der Waals surface area contributed by atoms with Crippen LogP contribution in [0.25, 0.3) is 11.4 Å². The molecule has 0 saturated heterocycles. The van der Waals surface area contributed by atoms with Crippen LogP contribution in [-0.4, -0.2) is 32.0 Å². The van der Waals surface area contributed by atoms with Crippen molar-refractivity contribution in [2.24, 2.45) is 5.73 Å². The van der Waals surface area contributed by atoms with Crippen molar-refractivity contribution in [1.29, 1.82) is 0 Å². The number of carbonyl (C=O) groups is 2. The smallest absolute Gasteiger partial charge is 0.248 e. The SMILES string of the molecule is Cc1cc(Cl)ccc1NC(=O)Cn1nnc(-c2ccc(C(N)=O)cc2)n1. The van der Waals surface area contributed by atoms with Gasteiger partial charge in [0.1, 0.15) is 6.54 Å². The first-order valence-corrected chi connectivity index (χ1v) is 8.04. The summed E-state index contributed by atoms with van der Waals surface area (Å²) in [7, 11) is 0. The largest absolute Gasteiger partial charge is 0.366 e. The molecule has 0 radical (unpaired) electrons. The van der Waals surface area contributed by atoms with E-state index >= 15 is 0 Å². The van der Waals surface area contributed by atoms with Crippen LogP contribution in [0.5, 0.6) is 0 Å². The Kier molecular flexibility index (Phi) is 4.94. The summed E-state index contributed by atoms with van der Waals surface area (Å²) >= 11 is 5.90. The molecule has 0 aliphatic rings. The number of anilines is 1. The van der Waals surface area contributed by atoms with Crippen LogP contribution in [0.1, 0.15) is 15.9 Å². The van der Waals surface area contributed by atoms with Crippen molar-refractivity contribution in [3.05, 3.63) is 58.6 Å². The average molecular weight is 371 g/mol. The van der Waals surface area contributed by atoms with E-state index in [9.17, 15) is 9.59 Å². The minimum absolute atomic E-state index is 0.0889. The Balaban J connectivity index is 1.67. The van der Waals surface area contributed by atoms with Gasteiger partial charge in [-0.05, 0) is 48.0 Å². The van der Waals surface area contributed by atoms with Crippen LogP contribution in [-0.2, 0) is 11.3 Å². The Morgan fingerprint density at radius 3 is 2.58 bits per heavy atom. The third kappa shape index (κ3) is 4.04. The summed E-state index contributed by atoms with van der Waals surface area (Å²) in [5, 5.41) is 15.3. The van der Waals surface area contributed by atoms with Crippen LogP contribution in [0.2, 0.25) is 5.02 Å². The molecule has 8 nitrogen and oxygen atoms in total. The molecule has 0 unspecified atom stereocenters. The average Bonchev–Trinajstić information content (AvgIpc) is 3.06. The van der Waals surface area contributed by atoms with Crippen LogP contribution in [0, 0.1) is 6.92 Å². The lowest BCUT2D eigenvalue weighted by Crippen LogP contribution is -2.20. The molecule has 2 amide bonds. The van der Waals surface area contributed by atoms with Gasteiger partial charge in [0.25, 0.3) is 0 Å². The number of halogens is 1. The van der Waals surface area contributed by atoms with E-state index in [1.165, 1.54) is 4.80 Å². The first-order valence-electron chi connectivity index (χ1n) is 7.66. The normalized spacial score (nSPS) is 10.5. The number of primary amides is 1. The van der Waals surface area contributed by atoms with Gasteiger partial charge in [-0.25, -0.2) is 0 Å². The molecule has 1 aromatic heterocycles. The summed E-state index contributed by atoms with van der Waals surface area (Å²) in [6.45, 7) is 1.76. The van der Waals surface area contributed by atoms with E-state index in [0.717, 1.165) is 5.56 Å². The van der Waals surface area contributed by atoms with Gasteiger partial charge in [-0.1, -0.05) is 23.7 Å². The van der Waals surface area contributed by atoms with Gasteiger partial charge < -0.3 is 11.1 Å². The van der Waals surface area contributed by atoms with Crippen molar-refractivity contribution >= 4 is 29.1 Å². The number of benzene rings is 2. The number of amides is 2. The number of aromatic nitrogens is 4. The van der Waals surface area contributed by atoms with E-state index < -0.39 is 5.91 Å². The molecule has 3 N–H and O–H groups in total. The molecule has 0 bridgehead atoms. The highest BCUT2D eigenvalue weighted by Gasteiger charge is 2.11. The minimum Gasteiger partial charge on any atom is -0.366 e. The molecular weight excluding hydrogens is 356 g/mol. The van der Waals surface area contributed by atoms with Crippen LogP contribution >= 0.6 is 11.6 Å². The van der Waals surface area contributed by atoms with Crippen molar-refractivity contribution in [1.82, 2.24) is 20.2 Å².